The van der Waals surface area contributed by atoms with Gasteiger partial charge in [0.25, 0.3) is 0 Å². The monoisotopic (exact) mass is 320 g/mol. The van der Waals surface area contributed by atoms with Crippen molar-refractivity contribution in [2.45, 2.75) is 13.3 Å². The Morgan fingerprint density at radius 2 is 2.23 bits per heavy atom. The molecule has 0 fully saturated rings. The van der Waals surface area contributed by atoms with Crippen LogP contribution in [0.4, 0.5) is 0 Å². The lowest BCUT2D eigenvalue weighted by atomic mass is 10.5. The van der Waals surface area contributed by atoms with Crippen LogP contribution in [-0.2, 0) is 18.5 Å². The van der Waals surface area contributed by atoms with Crippen molar-refractivity contribution in [3.63, 3.8) is 0 Å². The van der Waals surface area contributed by atoms with Crippen LogP contribution in [0.2, 0.25) is 0 Å². The smallest absolute Gasteiger partial charge is 0.332 e. The van der Waals surface area contributed by atoms with Crippen LogP contribution in [0.15, 0.2) is 0 Å². The molecule has 6 heteroatoms. The minimum Gasteiger partial charge on any atom is -0.464 e. The van der Waals surface area contributed by atoms with Gasteiger partial charge in [0.2, 0.25) is 0 Å². The molecular weight excluding hydrogens is 307 g/mol. The first kappa shape index (κ1) is 13.5. The van der Waals surface area contributed by atoms with E-state index in [4.69, 9.17) is 8.92 Å². The zero-order valence-electron chi connectivity index (χ0n) is 7.45. The molecule has 0 spiro atoms. The Morgan fingerprint density at radius 3 is 2.85 bits per heavy atom. The van der Waals surface area contributed by atoms with E-state index in [0.29, 0.717) is 19.8 Å². The number of hydrogen-bond acceptors (Lipinski definition) is 5. The predicted octanol–water partition coefficient (Wildman–Crippen LogP) is 1.97. The number of ether oxygens (including phenoxy) is 2. The summed E-state index contributed by atoms with van der Waals surface area (Å²) in [5, 5.41) is 0. The fourth-order valence-electron chi connectivity index (χ4n) is 0.610. The standard InChI is InChI=1S/C7H13IO4S/c1-2-11-7(9)6-10-4-3-5-12-13-8/h2-6H2,1H3. The van der Waals surface area contributed by atoms with Gasteiger partial charge < -0.3 is 13.7 Å². The molecule has 0 rings (SSSR count). The second kappa shape index (κ2) is 10.6. The summed E-state index contributed by atoms with van der Waals surface area (Å²) in [6, 6.07) is 0. The van der Waals surface area contributed by atoms with Crippen molar-refractivity contribution in [2.24, 2.45) is 0 Å². The van der Waals surface area contributed by atoms with Gasteiger partial charge >= 0.3 is 5.97 Å². The lowest BCUT2D eigenvalue weighted by Crippen LogP contribution is -2.13. The van der Waals surface area contributed by atoms with Crippen LogP contribution in [0.25, 0.3) is 0 Å². The molecule has 0 aliphatic carbocycles. The second-order valence-corrected chi connectivity index (χ2v) is 3.54. The summed E-state index contributed by atoms with van der Waals surface area (Å²) in [6.45, 7) is 3.36. The van der Waals surface area contributed by atoms with Gasteiger partial charge in [0.15, 0.2) is 0 Å². The Hall–Kier alpha value is 0.470. The summed E-state index contributed by atoms with van der Waals surface area (Å²) in [5.41, 5.74) is 0. The first-order chi connectivity index (χ1) is 6.31. The molecule has 0 saturated heterocycles. The van der Waals surface area contributed by atoms with Gasteiger partial charge in [-0.05, 0) is 13.3 Å². The molecule has 0 aromatic heterocycles. The summed E-state index contributed by atoms with van der Waals surface area (Å²) in [6.07, 6.45) is 0.787. The summed E-state index contributed by atoms with van der Waals surface area (Å²) in [7, 11) is 1.30. The summed E-state index contributed by atoms with van der Waals surface area (Å²) in [4.78, 5) is 10.7. The number of rotatable bonds is 8. The Morgan fingerprint density at radius 1 is 1.46 bits per heavy atom. The van der Waals surface area contributed by atoms with E-state index in [2.05, 4.69) is 4.74 Å². The molecule has 78 valence electrons. The van der Waals surface area contributed by atoms with Gasteiger partial charge in [0.05, 0.1) is 22.4 Å². The first-order valence-electron chi connectivity index (χ1n) is 3.94. The van der Waals surface area contributed by atoms with E-state index in [-0.39, 0.29) is 12.6 Å². The molecule has 0 atom stereocenters. The number of esters is 1. The van der Waals surface area contributed by atoms with Gasteiger partial charge in [-0.25, -0.2) is 4.79 Å². The van der Waals surface area contributed by atoms with Crippen molar-refractivity contribution >= 4 is 36.4 Å². The molecule has 0 radical (unpaired) electrons. The lowest BCUT2D eigenvalue weighted by molar-refractivity contribution is -0.148. The number of carbonyl (C=O) groups excluding carboxylic acids is 1. The molecular formula is C7H13IO4S. The Kier molecular flexibility index (Phi) is 10.9. The van der Waals surface area contributed by atoms with Crippen molar-refractivity contribution < 1.29 is 18.5 Å². The topological polar surface area (TPSA) is 44.8 Å². The van der Waals surface area contributed by atoms with E-state index in [9.17, 15) is 4.79 Å². The fourth-order valence-corrected chi connectivity index (χ4v) is 1.33. The van der Waals surface area contributed by atoms with Crippen molar-refractivity contribution in [1.29, 1.82) is 0 Å². The van der Waals surface area contributed by atoms with Crippen LogP contribution in [0.1, 0.15) is 13.3 Å². The highest BCUT2D eigenvalue weighted by Crippen LogP contribution is 2.11. The third-order valence-electron chi connectivity index (χ3n) is 1.09. The Balaban J connectivity index is 3.02. The van der Waals surface area contributed by atoms with Crippen LogP contribution in [-0.4, -0.2) is 32.4 Å². The third kappa shape index (κ3) is 10.4. The highest BCUT2D eigenvalue weighted by molar-refractivity contribution is 14.2. The maximum absolute atomic E-state index is 10.7. The second-order valence-electron chi connectivity index (χ2n) is 2.10. The zero-order valence-corrected chi connectivity index (χ0v) is 10.4. The molecule has 0 aromatic rings. The van der Waals surface area contributed by atoms with Crippen LogP contribution >= 0.6 is 30.4 Å². The average Bonchev–Trinajstić information content (AvgIpc) is 2.11. The molecule has 0 bridgehead atoms. The highest BCUT2D eigenvalue weighted by Gasteiger charge is 2.00. The molecule has 4 nitrogen and oxygen atoms in total. The van der Waals surface area contributed by atoms with Gasteiger partial charge in [-0.1, -0.05) is 0 Å². The molecule has 0 aliphatic rings. The first-order valence-corrected chi connectivity index (χ1v) is 7.23. The van der Waals surface area contributed by atoms with Crippen LogP contribution in [0.5, 0.6) is 0 Å². The summed E-state index contributed by atoms with van der Waals surface area (Å²) >= 11 is 2.05. The molecule has 0 N–H and O–H groups in total. The average molecular weight is 320 g/mol. The largest absolute Gasteiger partial charge is 0.464 e. The maximum Gasteiger partial charge on any atom is 0.332 e. The fraction of sp³-hybridized carbons (Fsp3) is 0.857. The minimum absolute atomic E-state index is 0.0330. The lowest BCUT2D eigenvalue weighted by Gasteiger charge is -2.03. The number of halogens is 1. The predicted molar refractivity (Wildman–Crippen MR) is 59.6 cm³/mol. The minimum atomic E-state index is -0.313. The van der Waals surface area contributed by atoms with Gasteiger partial charge in [-0.2, -0.15) is 0 Å². The highest BCUT2D eigenvalue weighted by atomic mass is 127. The molecule has 0 aliphatic heterocycles. The maximum atomic E-state index is 10.7. The van der Waals surface area contributed by atoms with Crippen molar-refractivity contribution in [3.8, 4) is 0 Å². The normalized spacial score (nSPS) is 10.0. The third-order valence-corrected chi connectivity index (χ3v) is 2.10. The SMILES string of the molecule is CCOC(=O)COCCCOSI. The molecule has 0 saturated carbocycles. The summed E-state index contributed by atoms with van der Waals surface area (Å²) < 4.78 is 14.7. The summed E-state index contributed by atoms with van der Waals surface area (Å²) in [5.74, 6) is -0.313. The molecule has 0 amide bonds. The molecule has 13 heavy (non-hydrogen) atoms. The molecule has 0 aromatic carbocycles. The number of carbonyl (C=O) groups is 1. The van der Waals surface area contributed by atoms with Gasteiger partial charge in [0, 0.05) is 27.8 Å². The Labute approximate surface area is 94.5 Å². The van der Waals surface area contributed by atoms with Crippen LogP contribution < -0.4 is 0 Å². The van der Waals surface area contributed by atoms with E-state index in [0.717, 1.165) is 6.42 Å². The van der Waals surface area contributed by atoms with E-state index in [1.165, 1.54) is 9.21 Å². The van der Waals surface area contributed by atoms with Crippen molar-refractivity contribution in [3.05, 3.63) is 0 Å². The van der Waals surface area contributed by atoms with Crippen molar-refractivity contribution in [1.82, 2.24) is 0 Å². The van der Waals surface area contributed by atoms with Gasteiger partial charge in [-0.3, -0.25) is 0 Å². The van der Waals surface area contributed by atoms with E-state index in [1.54, 1.807) is 6.92 Å². The van der Waals surface area contributed by atoms with E-state index >= 15 is 0 Å². The molecule has 0 heterocycles. The van der Waals surface area contributed by atoms with E-state index < -0.39 is 0 Å². The van der Waals surface area contributed by atoms with E-state index in [1.807, 2.05) is 21.2 Å². The number of hydrogen-bond donors (Lipinski definition) is 0. The molecule has 0 unspecified atom stereocenters. The van der Waals surface area contributed by atoms with Crippen LogP contribution in [0, 0.1) is 0 Å². The van der Waals surface area contributed by atoms with Gasteiger partial charge in [0.1, 0.15) is 6.61 Å². The van der Waals surface area contributed by atoms with Crippen molar-refractivity contribution in [2.75, 3.05) is 26.4 Å². The van der Waals surface area contributed by atoms with Crippen LogP contribution in [0.3, 0.4) is 0 Å². The Bertz CT molecular complexity index is 134. The zero-order chi connectivity index (χ0) is 9.94. The quantitative estimate of drug-likeness (QED) is 0.296. The van der Waals surface area contributed by atoms with Gasteiger partial charge in [-0.15, -0.1) is 0 Å².